The van der Waals surface area contributed by atoms with E-state index in [0.717, 1.165) is 5.56 Å². The lowest BCUT2D eigenvalue weighted by atomic mass is 9.87. The van der Waals surface area contributed by atoms with Crippen LogP contribution >= 0.6 is 12.2 Å². The van der Waals surface area contributed by atoms with Crippen LogP contribution in [0, 0.1) is 0 Å². The third kappa shape index (κ3) is 7.40. The van der Waals surface area contributed by atoms with Crippen LogP contribution in [0.2, 0.25) is 0 Å². The zero-order valence-corrected chi connectivity index (χ0v) is 19.7. The predicted octanol–water partition coefficient (Wildman–Crippen LogP) is 5.76. The van der Waals surface area contributed by atoms with E-state index in [-0.39, 0.29) is 22.3 Å². The van der Waals surface area contributed by atoms with Crippen LogP contribution in [0.25, 0.3) is 6.08 Å². The van der Waals surface area contributed by atoms with Crippen molar-refractivity contribution in [2.45, 2.75) is 26.2 Å². The van der Waals surface area contributed by atoms with Gasteiger partial charge in [-0.25, -0.2) is 0 Å². The van der Waals surface area contributed by atoms with E-state index in [9.17, 15) is 9.59 Å². The molecule has 0 bridgehead atoms. The largest absolute Gasteiger partial charge is 0.332 e. The molecule has 2 amide bonds. The first-order valence-corrected chi connectivity index (χ1v) is 11.0. The molecule has 0 spiro atoms. The van der Waals surface area contributed by atoms with Crippen molar-refractivity contribution in [2.24, 2.45) is 0 Å². The Morgan fingerprint density at radius 1 is 0.818 bits per heavy atom. The summed E-state index contributed by atoms with van der Waals surface area (Å²) in [5, 5.41) is 8.63. The molecular weight excluding hydrogens is 430 g/mol. The second kappa shape index (κ2) is 10.7. The smallest absolute Gasteiger partial charge is 0.255 e. The van der Waals surface area contributed by atoms with E-state index in [1.165, 1.54) is 11.6 Å². The second-order valence-electron chi connectivity index (χ2n) is 8.55. The minimum absolute atomic E-state index is 0.0280. The van der Waals surface area contributed by atoms with E-state index in [2.05, 4.69) is 36.7 Å². The molecule has 0 aliphatic heterocycles. The fourth-order valence-electron chi connectivity index (χ4n) is 3.05. The second-order valence-corrected chi connectivity index (χ2v) is 8.96. The summed E-state index contributed by atoms with van der Waals surface area (Å²) in [7, 11) is 0. The van der Waals surface area contributed by atoms with Gasteiger partial charge in [0.2, 0.25) is 5.91 Å². The Morgan fingerprint density at radius 3 is 2.09 bits per heavy atom. The normalized spacial score (nSPS) is 11.1. The predicted molar refractivity (Wildman–Crippen MR) is 139 cm³/mol. The molecule has 0 aromatic heterocycles. The lowest BCUT2D eigenvalue weighted by Gasteiger charge is -2.19. The third-order valence-corrected chi connectivity index (χ3v) is 5.06. The summed E-state index contributed by atoms with van der Waals surface area (Å²) >= 11 is 5.23. The van der Waals surface area contributed by atoms with Crippen LogP contribution in [-0.2, 0) is 10.2 Å². The van der Waals surface area contributed by atoms with E-state index in [1.807, 2.05) is 54.6 Å². The molecule has 0 unspecified atom stereocenters. The Morgan fingerprint density at radius 2 is 1.45 bits per heavy atom. The Kier molecular flexibility index (Phi) is 7.74. The highest BCUT2D eigenvalue weighted by atomic mass is 32.1. The first kappa shape index (κ1) is 23.9. The van der Waals surface area contributed by atoms with Gasteiger partial charge in [-0.1, -0.05) is 69.3 Å². The van der Waals surface area contributed by atoms with E-state index in [1.54, 1.807) is 30.3 Å². The van der Waals surface area contributed by atoms with Crippen LogP contribution in [0.3, 0.4) is 0 Å². The van der Waals surface area contributed by atoms with Gasteiger partial charge < -0.3 is 10.6 Å². The van der Waals surface area contributed by atoms with E-state index < -0.39 is 0 Å². The summed E-state index contributed by atoms with van der Waals surface area (Å²) in [6.45, 7) is 6.40. The number of benzene rings is 3. The number of rotatable bonds is 5. The van der Waals surface area contributed by atoms with Gasteiger partial charge in [0, 0.05) is 23.0 Å². The Labute approximate surface area is 199 Å². The zero-order chi connectivity index (χ0) is 23.8. The fraction of sp³-hybridized carbons (Fsp3) is 0.148. The summed E-state index contributed by atoms with van der Waals surface area (Å²) in [5.74, 6) is -0.533. The quantitative estimate of drug-likeness (QED) is 0.336. The van der Waals surface area contributed by atoms with E-state index in [0.29, 0.717) is 16.9 Å². The molecule has 0 fully saturated rings. The fourth-order valence-corrected chi connectivity index (χ4v) is 3.27. The maximum Gasteiger partial charge on any atom is 0.255 e. The maximum absolute atomic E-state index is 12.6. The monoisotopic (exact) mass is 457 g/mol. The molecule has 168 valence electrons. The number of carbonyl (C=O) groups excluding carboxylic acids is 2. The summed E-state index contributed by atoms with van der Waals surface area (Å²) in [4.78, 5) is 24.7. The minimum atomic E-state index is -0.334. The molecule has 3 rings (SSSR count). The molecule has 3 aromatic rings. The Balaban J connectivity index is 1.56. The first-order valence-electron chi connectivity index (χ1n) is 10.6. The molecule has 0 heterocycles. The van der Waals surface area contributed by atoms with Crippen molar-refractivity contribution in [3.8, 4) is 0 Å². The first-order chi connectivity index (χ1) is 15.7. The van der Waals surface area contributed by atoms with Crippen molar-refractivity contribution < 1.29 is 9.59 Å². The number of amides is 2. The van der Waals surface area contributed by atoms with Gasteiger partial charge >= 0.3 is 0 Å². The molecule has 0 saturated carbocycles. The highest BCUT2D eigenvalue weighted by Gasteiger charge is 2.14. The van der Waals surface area contributed by atoms with Gasteiger partial charge in [0.1, 0.15) is 0 Å². The van der Waals surface area contributed by atoms with Crippen molar-refractivity contribution in [1.29, 1.82) is 0 Å². The van der Waals surface area contributed by atoms with E-state index in [4.69, 9.17) is 12.2 Å². The van der Waals surface area contributed by atoms with Gasteiger partial charge in [-0.05, 0) is 65.2 Å². The number of hydrogen-bond donors (Lipinski definition) is 3. The molecule has 3 N–H and O–H groups in total. The van der Waals surface area contributed by atoms with Crippen molar-refractivity contribution in [3.63, 3.8) is 0 Å². The SMILES string of the molecule is CC(C)(C)c1ccc(C(=O)Nc2cccc(NC(=S)NC(=O)/C=C/c3ccccc3)c2)cc1. The number of carbonyl (C=O) groups is 2. The number of anilines is 2. The van der Waals surface area contributed by atoms with Gasteiger partial charge in [0.15, 0.2) is 5.11 Å². The van der Waals surface area contributed by atoms with Gasteiger partial charge in [-0.2, -0.15) is 0 Å². The third-order valence-electron chi connectivity index (χ3n) is 4.85. The number of hydrogen-bond acceptors (Lipinski definition) is 3. The molecule has 33 heavy (non-hydrogen) atoms. The van der Waals surface area contributed by atoms with Gasteiger partial charge in [-0.15, -0.1) is 0 Å². The standard InChI is InChI=1S/C27H27N3O2S/c1-27(2,3)21-15-13-20(14-16-21)25(32)28-22-10-7-11-23(18-22)29-26(33)30-24(31)17-12-19-8-5-4-6-9-19/h4-18H,1-3H3,(H,28,32)(H2,29,30,31,33)/b17-12+. The molecule has 6 heteroatoms. The molecule has 5 nitrogen and oxygen atoms in total. The number of nitrogens with one attached hydrogen (secondary N) is 3. The van der Waals surface area contributed by atoms with Gasteiger partial charge in [0.25, 0.3) is 5.91 Å². The molecule has 0 atom stereocenters. The maximum atomic E-state index is 12.6. The van der Waals surface area contributed by atoms with E-state index >= 15 is 0 Å². The van der Waals surface area contributed by atoms with Crippen molar-refractivity contribution in [3.05, 3.63) is 102 Å². The van der Waals surface area contributed by atoms with Crippen molar-refractivity contribution >= 4 is 46.6 Å². The van der Waals surface area contributed by atoms with Gasteiger partial charge in [0.05, 0.1) is 0 Å². The molecule has 0 aliphatic carbocycles. The van der Waals surface area contributed by atoms with Crippen LogP contribution in [0.5, 0.6) is 0 Å². The molecule has 0 radical (unpaired) electrons. The summed E-state index contributed by atoms with van der Waals surface area (Å²) in [6, 6.07) is 24.2. The average Bonchev–Trinajstić information content (AvgIpc) is 2.78. The summed E-state index contributed by atoms with van der Waals surface area (Å²) in [5.41, 5.74) is 3.95. The van der Waals surface area contributed by atoms with Gasteiger partial charge in [-0.3, -0.25) is 14.9 Å². The van der Waals surface area contributed by atoms with Crippen molar-refractivity contribution in [2.75, 3.05) is 10.6 Å². The van der Waals surface area contributed by atoms with Crippen LogP contribution in [0.15, 0.2) is 84.9 Å². The van der Waals surface area contributed by atoms with Crippen LogP contribution < -0.4 is 16.0 Å². The minimum Gasteiger partial charge on any atom is -0.332 e. The topological polar surface area (TPSA) is 70.2 Å². The highest BCUT2D eigenvalue weighted by molar-refractivity contribution is 7.80. The molecule has 3 aromatic carbocycles. The lowest BCUT2D eigenvalue weighted by Crippen LogP contribution is -2.32. The van der Waals surface area contributed by atoms with Crippen molar-refractivity contribution in [1.82, 2.24) is 5.32 Å². The zero-order valence-electron chi connectivity index (χ0n) is 18.9. The molecular formula is C27H27N3O2S. The van der Waals surface area contributed by atoms with Crippen LogP contribution in [0.4, 0.5) is 11.4 Å². The van der Waals surface area contributed by atoms with Crippen LogP contribution in [-0.4, -0.2) is 16.9 Å². The highest BCUT2D eigenvalue weighted by Crippen LogP contribution is 2.23. The molecule has 0 saturated heterocycles. The lowest BCUT2D eigenvalue weighted by molar-refractivity contribution is -0.115. The number of thiocarbonyl (C=S) groups is 1. The average molecular weight is 458 g/mol. The summed E-state index contributed by atoms with van der Waals surface area (Å²) in [6.07, 6.45) is 3.13. The summed E-state index contributed by atoms with van der Waals surface area (Å²) < 4.78 is 0. The molecule has 0 aliphatic rings. The Bertz CT molecular complexity index is 1160. The van der Waals surface area contributed by atoms with Crippen LogP contribution in [0.1, 0.15) is 42.3 Å². The Hall–Kier alpha value is -3.77.